The molecular weight excluding hydrogens is 440 g/mol. The van der Waals surface area contributed by atoms with Crippen LogP contribution in [0.15, 0.2) is 41.8 Å². The second kappa shape index (κ2) is 9.08. The van der Waals surface area contributed by atoms with Gasteiger partial charge in [0.1, 0.15) is 10.8 Å². The molecule has 1 aliphatic carbocycles. The monoisotopic (exact) mass is 468 g/mol. The standard InChI is InChI=1S/C25H28N2O3S2/c1-25(2,3)15-11-12-16-20(14-15)32-24(27-22(28)19-10-7-13-31-19)21(16)23(29)26-17-8-5-6-9-18(17)30-4/h5-10,13,15H,11-12,14H2,1-4H3,(H,26,29)(H,27,28)/t15-/m1/s1. The molecule has 0 radical (unpaired) electrons. The van der Waals surface area contributed by atoms with Crippen molar-refractivity contribution in [2.24, 2.45) is 11.3 Å². The first-order valence-corrected chi connectivity index (χ1v) is 12.4. The van der Waals surface area contributed by atoms with E-state index in [2.05, 4.69) is 31.4 Å². The van der Waals surface area contributed by atoms with Gasteiger partial charge >= 0.3 is 0 Å². The van der Waals surface area contributed by atoms with Crippen LogP contribution in [0, 0.1) is 11.3 Å². The lowest BCUT2D eigenvalue weighted by molar-refractivity contribution is 0.102. The summed E-state index contributed by atoms with van der Waals surface area (Å²) < 4.78 is 5.39. The third-order valence-corrected chi connectivity index (χ3v) is 8.08. The second-order valence-corrected chi connectivity index (χ2v) is 11.2. The zero-order valence-electron chi connectivity index (χ0n) is 18.8. The van der Waals surface area contributed by atoms with Crippen LogP contribution in [0.5, 0.6) is 5.75 Å². The summed E-state index contributed by atoms with van der Waals surface area (Å²) in [7, 11) is 1.58. The molecule has 0 saturated carbocycles. The number of carbonyl (C=O) groups excluding carboxylic acids is 2. The zero-order chi connectivity index (χ0) is 22.9. The number of rotatable bonds is 5. The molecule has 2 aromatic heterocycles. The maximum atomic E-state index is 13.5. The van der Waals surface area contributed by atoms with E-state index >= 15 is 0 Å². The van der Waals surface area contributed by atoms with Gasteiger partial charge in [-0.25, -0.2) is 0 Å². The van der Waals surface area contributed by atoms with E-state index in [1.54, 1.807) is 13.2 Å². The number of carbonyl (C=O) groups is 2. The number of ether oxygens (including phenoxy) is 1. The molecule has 0 unspecified atom stereocenters. The fraction of sp³-hybridized carbons (Fsp3) is 0.360. The summed E-state index contributed by atoms with van der Waals surface area (Å²) in [6, 6.07) is 11.0. The Morgan fingerprint density at radius 2 is 1.84 bits per heavy atom. The van der Waals surface area contributed by atoms with E-state index in [0.29, 0.717) is 32.8 Å². The first kappa shape index (κ1) is 22.6. The first-order valence-electron chi connectivity index (χ1n) is 10.7. The largest absolute Gasteiger partial charge is 0.495 e. The minimum absolute atomic E-state index is 0.183. The van der Waals surface area contributed by atoms with Crippen molar-refractivity contribution < 1.29 is 14.3 Å². The Morgan fingerprint density at radius 3 is 2.53 bits per heavy atom. The number of hydrogen-bond acceptors (Lipinski definition) is 5. The van der Waals surface area contributed by atoms with Crippen LogP contribution in [0.1, 0.15) is 57.7 Å². The van der Waals surface area contributed by atoms with Crippen LogP contribution in [-0.4, -0.2) is 18.9 Å². The molecule has 3 aromatic rings. The van der Waals surface area contributed by atoms with Crippen LogP contribution in [0.25, 0.3) is 0 Å². The van der Waals surface area contributed by atoms with Crippen molar-refractivity contribution in [3.63, 3.8) is 0 Å². The third-order valence-electron chi connectivity index (χ3n) is 6.04. The topological polar surface area (TPSA) is 67.4 Å². The molecular formula is C25H28N2O3S2. The zero-order valence-corrected chi connectivity index (χ0v) is 20.4. The van der Waals surface area contributed by atoms with Gasteiger partial charge in [0.15, 0.2) is 0 Å². The Balaban J connectivity index is 1.70. The molecule has 0 bridgehead atoms. The number of para-hydroxylation sites is 2. The van der Waals surface area contributed by atoms with E-state index < -0.39 is 0 Å². The Bertz CT molecular complexity index is 1130. The molecule has 4 rings (SSSR count). The lowest BCUT2D eigenvalue weighted by atomic mass is 9.72. The van der Waals surface area contributed by atoms with E-state index in [4.69, 9.17) is 4.74 Å². The number of methoxy groups -OCH3 is 1. The smallest absolute Gasteiger partial charge is 0.266 e. The molecule has 0 aliphatic heterocycles. The van der Waals surface area contributed by atoms with Crippen LogP contribution < -0.4 is 15.4 Å². The Labute approximate surface area is 196 Å². The van der Waals surface area contributed by atoms with Crippen molar-refractivity contribution in [3.05, 3.63) is 62.7 Å². The molecule has 0 spiro atoms. The first-order chi connectivity index (χ1) is 15.3. The summed E-state index contributed by atoms with van der Waals surface area (Å²) in [6.45, 7) is 6.81. The van der Waals surface area contributed by atoms with Gasteiger partial charge in [-0.3, -0.25) is 9.59 Å². The van der Waals surface area contributed by atoms with Crippen LogP contribution >= 0.6 is 22.7 Å². The summed E-state index contributed by atoms with van der Waals surface area (Å²) in [5, 5.41) is 8.51. The van der Waals surface area contributed by atoms with Gasteiger partial charge < -0.3 is 15.4 Å². The molecule has 1 atom stereocenters. The van der Waals surface area contributed by atoms with Gasteiger partial charge in [-0.05, 0) is 59.7 Å². The molecule has 7 heteroatoms. The van der Waals surface area contributed by atoms with Crippen molar-refractivity contribution in [3.8, 4) is 5.75 Å². The lowest BCUT2D eigenvalue weighted by Crippen LogP contribution is -2.27. The minimum Gasteiger partial charge on any atom is -0.495 e. The quantitative estimate of drug-likeness (QED) is 0.451. The van der Waals surface area contributed by atoms with Crippen molar-refractivity contribution in [2.45, 2.75) is 40.0 Å². The normalized spacial score (nSPS) is 15.7. The number of hydrogen-bond donors (Lipinski definition) is 2. The van der Waals surface area contributed by atoms with Gasteiger partial charge in [0.25, 0.3) is 11.8 Å². The average molecular weight is 469 g/mol. The molecule has 0 saturated heterocycles. The third kappa shape index (κ3) is 4.59. The summed E-state index contributed by atoms with van der Waals surface area (Å²) in [5.74, 6) is 0.738. The Morgan fingerprint density at radius 1 is 1.06 bits per heavy atom. The van der Waals surface area contributed by atoms with Gasteiger partial charge in [0, 0.05) is 4.88 Å². The number of amides is 2. The minimum atomic E-state index is -0.220. The maximum absolute atomic E-state index is 13.5. The van der Waals surface area contributed by atoms with Gasteiger partial charge in [-0.1, -0.05) is 39.0 Å². The molecule has 1 aromatic carbocycles. The molecule has 32 heavy (non-hydrogen) atoms. The van der Waals surface area contributed by atoms with E-state index in [1.165, 1.54) is 27.6 Å². The number of benzene rings is 1. The highest BCUT2D eigenvalue weighted by Gasteiger charge is 2.34. The van der Waals surface area contributed by atoms with Crippen molar-refractivity contribution in [1.82, 2.24) is 0 Å². The predicted molar refractivity (Wildman–Crippen MR) is 133 cm³/mol. The van der Waals surface area contributed by atoms with Crippen molar-refractivity contribution >= 4 is 45.2 Å². The molecule has 168 valence electrons. The van der Waals surface area contributed by atoms with Crippen LogP contribution in [0.4, 0.5) is 10.7 Å². The van der Waals surface area contributed by atoms with Crippen LogP contribution in [0.2, 0.25) is 0 Å². The molecule has 1 aliphatic rings. The molecule has 2 amide bonds. The number of fused-ring (bicyclic) bond motifs is 1. The highest BCUT2D eigenvalue weighted by molar-refractivity contribution is 7.17. The Kier molecular flexibility index (Phi) is 6.40. The number of anilines is 2. The fourth-order valence-corrected chi connectivity index (χ4v) is 6.10. The van der Waals surface area contributed by atoms with Crippen LogP contribution in [-0.2, 0) is 12.8 Å². The summed E-state index contributed by atoms with van der Waals surface area (Å²) in [4.78, 5) is 28.1. The van der Waals surface area contributed by atoms with Gasteiger partial charge in [-0.15, -0.1) is 22.7 Å². The summed E-state index contributed by atoms with van der Waals surface area (Å²) >= 11 is 2.92. The Hall–Kier alpha value is -2.64. The van der Waals surface area contributed by atoms with Gasteiger partial charge in [0.05, 0.1) is 23.2 Å². The summed E-state index contributed by atoms with van der Waals surface area (Å²) in [6.07, 6.45) is 2.78. The maximum Gasteiger partial charge on any atom is 0.266 e. The second-order valence-electron chi connectivity index (χ2n) is 9.10. The molecule has 0 fully saturated rings. The molecule has 2 N–H and O–H groups in total. The van der Waals surface area contributed by atoms with Crippen molar-refractivity contribution in [1.29, 1.82) is 0 Å². The molecule has 5 nitrogen and oxygen atoms in total. The van der Waals surface area contributed by atoms with E-state index in [1.807, 2.05) is 35.7 Å². The van der Waals surface area contributed by atoms with E-state index in [9.17, 15) is 9.59 Å². The van der Waals surface area contributed by atoms with Gasteiger partial charge in [0.2, 0.25) is 0 Å². The SMILES string of the molecule is COc1ccccc1NC(=O)c1c(NC(=O)c2cccs2)sc2c1CC[C@@H](C(C)(C)C)C2. The van der Waals surface area contributed by atoms with Gasteiger partial charge in [-0.2, -0.15) is 0 Å². The average Bonchev–Trinajstić information content (AvgIpc) is 3.41. The number of nitrogens with one attached hydrogen (secondary N) is 2. The lowest BCUT2D eigenvalue weighted by Gasteiger charge is -2.33. The highest BCUT2D eigenvalue weighted by atomic mass is 32.1. The van der Waals surface area contributed by atoms with E-state index in [0.717, 1.165) is 24.8 Å². The fourth-order valence-electron chi connectivity index (χ4n) is 4.16. The number of thiophene rings is 2. The summed E-state index contributed by atoms with van der Waals surface area (Å²) in [5.41, 5.74) is 2.44. The predicted octanol–water partition coefficient (Wildman–Crippen LogP) is 6.47. The van der Waals surface area contributed by atoms with Crippen molar-refractivity contribution in [2.75, 3.05) is 17.7 Å². The van der Waals surface area contributed by atoms with Crippen LogP contribution in [0.3, 0.4) is 0 Å². The molecule has 2 heterocycles. The van der Waals surface area contributed by atoms with E-state index in [-0.39, 0.29) is 17.2 Å². The highest BCUT2D eigenvalue weighted by Crippen LogP contribution is 2.44.